The Kier molecular flexibility index (Phi) is 3.51. The largest absolute Gasteiger partial charge is 0.481 e. The highest BCUT2D eigenvalue weighted by Crippen LogP contribution is 2.39. The Labute approximate surface area is 103 Å². The van der Waals surface area contributed by atoms with Gasteiger partial charge in [-0.2, -0.15) is 0 Å². The number of hydrogen-bond donors (Lipinski definition) is 1. The Hall–Kier alpha value is -1.31. The van der Waals surface area contributed by atoms with Gasteiger partial charge in [0.2, 0.25) is 0 Å². The highest BCUT2D eigenvalue weighted by molar-refractivity contribution is 5.81. The normalized spacial score (nSPS) is 18.9. The van der Waals surface area contributed by atoms with Crippen LogP contribution in [0.3, 0.4) is 0 Å². The Bertz CT molecular complexity index is 386. The molecule has 2 heteroatoms. The van der Waals surface area contributed by atoms with E-state index in [1.807, 2.05) is 12.1 Å². The van der Waals surface area contributed by atoms with E-state index in [-0.39, 0.29) is 0 Å². The summed E-state index contributed by atoms with van der Waals surface area (Å²) in [5.41, 5.74) is 1.64. The number of aryl methyl sites for hydroxylation is 1. The molecule has 2 rings (SSSR count). The quantitative estimate of drug-likeness (QED) is 0.865. The maximum absolute atomic E-state index is 11.6. The second kappa shape index (κ2) is 4.91. The molecule has 2 nitrogen and oxygen atoms in total. The van der Waals surface area contributed by atoms with Crippen LogP contribution in [0.1, 0.15) is 50.2 Å². The molecule has 1 aromatic carbocycles. The Morgan fingerprint density at radius 1 is 1.18 bits per heavy atom. The van der Waals surface area contributed by atoms with Crippen molar-refractivity contribution in [3.63, 3.8) is 0 Å². The minimum Gasteiger partial charge on any atom is -0.481 e. The molecule has 0 atom stereocenters. The van der Waals surface area contributed by atoms with Crippen LogP contribution in [0.15, 0.2) is 24.3 Å². The standard InChI is InChI=1S/C15H20O2/c1-2-12-6-8-13(9-7-12)15(14(16)17)10-4-3-5-11-15/h6-9H,2-5,10-11H2,1H3,(H,16,17). The molecule has 1 fully saturated rings. The Balaban J connectivity index is 2.34. The van der Waals surface area contributed by atoms with E-state index in [9.17, 15) is 9.90 Å². The van der Waals surface area contributed by atoms with Crippen LogP contribution < -0.4 is 0 Å². The molecule has 0 aliphatic heterocycles. The Morgan fingerprint density at radius 3 is 2.24 bits per heavy atom. The van der Waals surface area contributed by atoms with Crippen molar-refractivity contribution < 1.29 is 9.90 Å². The Morgan fingerprint density at radius 2 is 1.76 bits per heavy atom. The van der Waals surface area contributed by atoms with Crippen molar-refractivity contribution in [2.75, 3.05) is 0 Å². The number of hydrogen-bond acceptors (Lipinski definition) is 1. The summed E-state index contributed by atoms with van der Waals surface area (Å²) in [6, 6.07) is 8.15. The van der Waals surface area contributed by atoms with Crippen LogP contribution in [0.2, 0.25) is 0 Å². The van der Waals surface area contributed by atoms with Gasteiger partial charge in [0.1, 0.15) is 0 Å². The van der Waals surface area contributed by atoms with Crippen LogP contribution in [0, 0.1) is 0 Å². The van der Waals surface area contributed by atoms with Gasteiger partial charge < -0.3 is 5.11 Å². The van der Waals surface area contributed by atoms with Gasteiger partial charge in [0.05, 0.1) is 5.41 Å². The molecule has 1 aromatic rings. The van der Waals surface area contributed by atoms with E-state index >= 15 is 0 Å². The monoisotopic (exact) mass is 232 g/mol. The highest BCUT2D eigenvalue weighted by Gasteiger charge is 2.40. The molecule has 0 saturated heterocycles. The average molecular weight is 232 g/mol. The zero-order chi connectivity index (χ0) is 12.3. The van der Waals surface area contributed by atoms with Crippen molar-refractivity contribution in [3.8, 4) is 0 Å². The first-order valence-electron chi connectivity index (χ1n) is 6.52. The molecule has 1 aliphatic rings. The molecule has 0 unspecified atom stereocenters. The molecule has 17 heavy (non-hydrogen) atoms. The van der Waals surface area contributed by atoms with Crippen molar-refractivity contribution in [2.24, 2.45) is 0 Å². The van der Waals surface area contributed by atoms with Crippen LogP contribution >= 0.6 is 0 Å². The zero-order valence-electron chi connectivity index (χ0n) is 10.4. The summed E-state index contributed by atoms with van der Waals surface area (Å²) < 4.78 is 0. The van der Waals surface area contributed by atoms with Crippen molar-refractivity contribution in [1.29, 1.82) is 0 Å². The van der Waals surface area contributed by atoms with Crippen LogP contribution in [-0.2, 0) is 16.6 Å². The van der Waals surface area contributed by atoms with Gasteiger partial charge in [0.25, 0.3) is 0 Å². The van der Waals surface area contributed by atoms with E-state index in [0.29, 0.717) is 0 Å². The van der Waals surface area contributed by atoms with Crippen molar-refractivity contribution in [3.05, 3.63) is 35.4 Å². The molecular formula is C15H20O2. The first-order chi connectivity index (χ1) is 8.19. The SMILES string of the molecule is CCc1ccc(C2(C(=O)O)CCCCC2)cc1. The fourth-order valence-corrected chi connectivity index (χ4v) is 2.84. The molecule has 0 spiro atoms. The molecule has 1 N–H and O–H groups in total. The van der Waals surface area contributed by atoms with Gasteiger partial charge in [-0.05, 0) is 30.4 Å². The van der Waals surface area contributed by atoms with Crippen LogP contribution in [-0.4, -0.2) is 11.1 Å². The number of aliphatic carboxylic acids is 1. The predicted octanol–water partition coefficient (Wildman–Crippen LogP) is 3.54. The van der Waals surface area contributed by atoms with Gasteiger partial charge >= 0.3 is 5.97 Å². The fraction of sp³-hybridized carbons (Fsp3) is 0.533. The molecule has 0 bridgehead atoms. The third-order valence-electron chi connectivity index (χ3n) is 4.03. The van der Waals surface area contributed by atoms with E-state index in [1.54, 1.807) is 0 Å². The summed E-state index contributed by atoms with van der Waals surface area (Å²) >= 11 is 0. The molecular weight excluding hydrogens is 212 g/mol. The maximum Gasteiger partial charge on any atom is 0.314 e. The number of rotatable bonds is 3. The topological polar surface area (TPSA) is 37.3 Å². The molecule has 0 radical (unpaired) electrons. The lowest BCUT2D eigenvalue weighted by Gasteiger charge is -2.33. The van der Waals surface area contributed by atoms with Gasteiger partial charge in [-0.3, -0.25) is 4.79 Å². The number of carbonyl (C=O) groups is 1. The van der Waals surface area contributed by atoms with Crippen LogP contribution in [0.5, 0.6) is 0 Å². The third kappa shape index (κ3) is 2.21. The van der Waals surface area contributed by atoms with Crippen molar-refractivity contribution in [2.45, 2.75) is 50.9 Å². The van der Waals surface area contributed by atoms with E-state index in [0.717, 1.165) is 37.7 Å². The predicted molar refractivity (Wildman–Crippen MR) is 68.2 cm³/mol. The summed E-state index contributed by atoms with van der Waals surface area (Å²) in [6.45, 7) is 2.11. The first-order valence-corrected chi connectivity index (χ1v) is 6.52. The molecule has 0 amide bonds. The first kappa shape index (κ1) is 12.2. The zero-order valence-corrected chi connectivity index (χ0v) is 10.4. The number of carboxylic acids is 1. The van der Waals surface area contributed by atoms with Gasteiger partial charge in [0, 0.05) is 0 Å². The second-order valence-corrected chi connectivity index (χ2v) is 5.00. The summed E-state index contributed by atoms with van der Waals surface area (Å²) in [7, 11) is 0. The molecule has 1 aliphatic carbocycles. The lowest BCUT2D eigenvalue weighted by molar-refractivity contribution is -0.145. The molecule has 1 saturated carbocycles. The van der Waals surface area contributed by atoms with Gasteiger partial charge in [-0.25, -0.2) is 0 Å². The lowest BCUT2D eigenvalue weighted by Crippen LogP contribution is -2.37. The van der Waals surface area contributed by atoms with Gasteiger partial charge in [-0.1, -0.05) is 50.5 Å². The molecule has 0 heterocycles. The van der Waals surface area contributed by atoms with E-state index in [1.165, 1.54) is 12.0 Å². The molecule has 92 valence electrons. The summed E-state index contributed by atoms with van der Waals surface area (Å²) in [6.07, 6.45) is 5.80. The third-order valence-corrected chi connectivity index (χ3v) is 4.03. The summed E-state index contributed by atoms with van der Waals surface area (Å²) in [5.74, 6) is -0.651. The van der Waals surface area contributed by atoms with E-state index in [2.05, 4.69) is 19.1 Å². The summed E-state index contributed by atoms with van der Waals surface area (Å²) in [4.78, 5) is 11.6. The van der Waals surface area contributed by atoms with Gasteiger partial charge in [-0.15, -0.1) is 0 Å². The highest BCUT2D eigenvalue weighted by atomic mass is 16.4. The van der Waals surface area contributed by atoms with Crippen LogP contribution in [0.25, 0.3) is 0 Å². The fourth-order valence-electron chi connectivity index (χ4n) is 2.84. The smallest absolute Gasteiger partial charge is 0.314 e. The average Bonchev–Trinajstić information content (AvgIpc) is 2.39. The second-order valence-electron chi connectivity index (χ2n) is 5.00. The lowest BCUT2D eigenvalue weighted by atomic mass is 9.69. The van der Waals surface area contributed by atoms with Gasteiger partial charge in [0.15, 0.2) is 0 Å². The minimum absolute atomic E-state index is 0.621. The number of benzene rings is 1. The van der Waals surface area contributed by atoms with E-state index < -0.39 is 11.4 Å². The maximum atomic E-state index is 11.6. The minimum atomic E-state index is -0.651. The van der Waals surface area contributed by atoms with Crippen molar-refractivity contribution in [1.82, 2.24) is 0 Å². The van der Waals surface area contributed by atoms with Crippen molar-refractivity contribution >= 4 is 5.97 Å². The summed E-state index contributed by atoms with van der Waals surface area (Å²) in [5, 5.41) is 9.57. The number of carboxylic acid groups (broad SMARTS) is 1. The molecule has 0 aromatic heterocycles. The van der Waals surface area contributed by atoms with Crippen LogP contribution in [0.4, 0.5) is 0 Å². The van der Waals surface area contributed by atoms with E-state index in [4.69, 9.17) is 0 Å².